The zero-order valence-electron chi connectivity index (χ0n) is 16.4. The van der Waals surface area contributed by atoms with Crippen LogP contribution < -0.4 is 4.90 Å². The summed E-state index contributed by atoms with van der Waals surface area (Å²) in [4.78, 5) is 33.7. The van der Waals surface area contributed by atoms with Gasteiger partial charge < -0.3 is 4.90 Å². The molecule has 1 aliphatic rings. The molecular weight excluding hydrogens is 406 g/mol. The molecule has 0 radical (unpaired) electrons. The lowest BCUT2D eigenvalue weighted by molar-refractivity contribution is -0.383. The smallest absolute Gasteiger partial charge is 0.337 e. The lowest BCUT2D eigenvalue weighted by Crippen LogP contribution is -2.37. The zero-order valence-corrected chi connectivity index (χ0v) is 16.4. The molecule has 0 bridgehead atoms. The van der Waals surface area contributed by atoms with E-state index in [9.17, 15) is 23.7 Å². The summed E-state index contributed by atoms with van der Waals surface area (Å²) < 4.78 is 27.4. The number of Topliss-reactive ketones (excluding diaryl/α,β-unsaturated/α-hetero) is 1. The molecule has 31 heavy (non-hydrogen) atoms. The summed E-state index contributed by atoms with van der Waals surface area (Å²) >= 11 is 0. The number of halogens is 2. The van der Waals surface area contributed by atoms with Crippen LogP contribution in [0, 0.1) is 27.7 Å². The molecule has 9 heteroatoms. The second-order valence-corrected chi connectivity index (χ2v) is 7.26. The fraction of sp³-hybridized carbons (Fsp3) is 0.227. The van der Waals surface area contributed by atoms with E-state index in [4.69, 9.17) is 0 Å². The predicted molar refractivity (Wildman–Crippen MR) is 110 cm³/mol. The Morgan fingerprint density at radius 3 is 2.35 bits per heavy atom. The van der Waals surface area contributed by atoms with E-state index in [-0.39, 0.29) is 34.5 Å². The first-order valence-electron chi connectivity index (χ1n) is 9.74. The molecule has 0 aliphatic carbocycles. The Hall–Kier alpha value is -3.75. The van der Waals surface area contributed by atoms with Crippen molar-refractivity contribution in [1.82, 2.24) is 9.97 Å². The number of carbonyl (C=O) groups is 1. The van der Waals surface area contributed by atoms with Gasteiger partial charge in [-0.1, -0.05) is 12.1 Å². The van der Waals surface area contributed by atoms with Crippen molar-refractivity contribution >= 4 is 17.3 Å². The normalized spacial score (nSPS) is 14.5. The SMILES string of the molecule is O=C(c1ccc(F)cc1)C1CCN(c2ncnc(-c3ccccc3F)c2[N+](=O)[O-])CC1. The van der Waals surface area contributed by atoms with Crippen LogP contribution in [-0.2, 0) is 0 Å². The van der Waals surface area contributed by atoms with E-state index >= 15 is 0 Å². The van der Waals surface area contributed by atoms with E-state index in [0.717, 1.165) is 0 Å². The van der Waals surface area contributed by atoms with Crippen molar-refractivity contribution in [2.24, 2.45) is 5.92 Å². The number of ketones is 1. The van der Waals surface area contributed by atoms with Crippen molar-refractivity contribution in [3.63, 3.8) is 0 Å². The zero-order chi connectivity index (χ0) is 22.0. The molecule has 0 spiro atoms. The lowest BCUT2D eigenvalue weighted by Gasteiger charge is -2.31. The molecule has 3 aromatic rings. The number of anilines is 1. The number of nitrogens with zero attached hydrogens (tertiary/aromatic N) is 4. The molecule has 4 rings (SSSR count). The lowest BCUT2D eigenvalue weighted by atomic mass is 9.89. The maximum absolute atomic E-state index is 14.3. The van der Waals surface area contributed by atoms with Crippen molar-refractivity contribution in [3.8, 4) is 11.3 Å². The minimum atomic E-state index is -0.612. The van der Waals surface area contributed by atoms with Gasteiger partial charge in [-0.05, 0) is 49.2 Å². The molecule has 1 saturated heterocycles. The average molecular weight is 424 g/mol. The highest BCUT2D eigenvalue weighted by atomic mass is 19.1. The van der Waals surface area contributed by atoms with E-state index in [1.165, 1.54) is 48.8 Å². The van der Waals surface area contributed by atoms with Crippen LogP contribution in [0.5, 0.6) is 0 Å². The minimum absolute atomic E-state index is 0.0271. The molecule has 0 N–H and O–H groups in total. The van der Waals surface area contributed by atoms with Gasteiger partial charge in [-0.2, -0.15) is 0 Å². The standard InChI is InChI=1S/C22H18F2N4O3/c23-16-7-5-14(6-8-16)21(29)15-9-11-27(12-10-15)22-20(28(30)31)19(25-13-26-22)17-3-1-2-4-18(17)24/h1-8,13,15H,9-12H2. The molecular formula is C22H18F2N4O3. The number of carbonyl (C=O) groups excluding carboxylic acids is 1. The molecule has 2 heterocycles. The number of hydrogen-bond acceptors (Lipinski definition) is 6. The largest absolute Gasteiger partial charge is 0.351 e. The summed E-state index contributed by atoms with van der Waals surface area (Å²) in [6.45, 7) is 0.734. The maximum Gasteiger partial charge on any atom is 0.337 e. The third-order valence-corrected chi connectivity index (χ3v) is 5.41. The molecule has 0 unspecified atom stereocenters. The molecule has 0 atom stereocenters. The van der Waals surface area contributed by atoms with Crippen LogP contribution in [-0.4, -0.2) is 33.8 Å². The van der Waals surface area contributed by atoms with Crippen molar-refractivity contribution in [1.29, 1.82) is 0 Å². The van der Waals surface area contributed by atoms with Crippen LogP contribution in [0.25, 0.3) is 11.3 Å². The highest BCUT2D eigenvalue weighted by Gasteiger charge is 2.32. The van der Waals surface area contributed by atoms with Gasteiger partial charge in [-0.3, -0.25) is 14.9 Å². The van der Waals surface area contributed by atoms with E-state index < -0.39 is 16.6 Å². The van der Waals surface area contributed by atoms with Crippen LogP contribution in [0.3, 0.4) is 0 Å². The number of benzene rings is 2. The quantitative estimate of drug-likeness (QED) is 0.342. The maximum atomic E-state index is 14.3. The number of nitro groups is 1. The van der Waals surface area contributed by atoms with E-state index in [2.05, 4.69) is 9.97 Å². The number of hydrogen-bond donors (Lipinski definition) is 0. The highest BCUT2D eigenvalue weighted by Crippen LogP contribution is 2.37. The van der Waals surface area contributed by atoms with Gasteiger partial charge in [-0.15, -0.1) is 0 Å². The molecule has 0 amide bonds. The van der Waals surface area contributed by atoms with E-state index in [0.29, 0.717) is 31.5 Å². The minimum Gasteiger partial charge on any atom is -0.351 e. The van der Waals surface area contributed by atoms with Crippen LogP contribution in [0.15, 0.2) is 54.9 Å². The topological polar surface area (TPSA) is 89.2 Å². The first-order chi connectivity index (χ1) is 15.0. The summed E-state index contributed by atoms with van der Waals surface area (Å²) in [5.41, 5.74) is 0.0162. The van der Waals surface area contributed by atoms with Gasteiger partial charge in [0.1, 0.15) is 18.0 Å². The molecule has 2 aromatic carbocycles. The second-order valence-electron chi connectivity index (χ2n) is 7.26. The third kappa shape index (κ3) is 4.11. The van der Waals surface area contributed by atoms with E-state index in [1.807, 2.05) is 0 Å². The monoisotopic (exact) mass is 424 g/mol. The van der Waals surface area contributed by atoms with Gasteiger partial charge in [0.05, 0.1) is 4.92 Å². The Morgan fingerprint density at radius 2 is 1.71 bits per heavy atom. The fourth-order valence-corrected chi connectivity index (χ4v) is 3.82. The molecule has 7 nitrogen and oxygen atoms in total. The van der Waals surface area contributed by atoms with Crippen molar-refractivity contribution in [2.75, 3.05) is 18.0 Å². The summed E-state index contributed by atoms with van der Waals surface area (Å²) in [6, 6.07) is 11.1. The van der Waals surface area contributed by atoms with Gasteiger partial charge in [0.2, 0.25) is 5.82 Å². The summed E-state index contributed by atoms with van der Waals surface area (Å²) in [7, 11) is 0. The first-order valence-corrected chi connectivity index (χ1v) is 9.74. The van der Waals surface area contributed by atoms with Crippen LogP contribution in [0.1, 0.15) is 23.2 Å². The molecule has 0 saturated carbocycles. The number of rotatable bonds is 5. The summed E-state index contributed by atoms with van der Waals surface area (Å²) in [5, 5.41) is 11.8. The van der Waals surface area contributed by atoms with Crippen molar-refractivity contribution in [2.45, 2.75) is 12.8 Å². The van der Waals surface area contributed by atoms with Gasteiger partial charge in [0.15, 0.2) is 11.5 Å². The van der Waals surface area contributed by atoms with Crippen molar-refractivity contribution < 1.29 is 18.5 Å². The Bertz CT molecular complexity index is 1130. The van der Waals surface area contributed by atoms with Crippen LogP contribution >= 0.6 is 0 Å². The van der Waals surface area contributed by atoms with Crippen LogP contribution in [0.4, 0.5) is 20.3 Å². The average Bonchev–Trinajstić information content (AvgIpc) is 2.79. The van der Waals surface area contributed by atoms with Crippen molar-refractivity contribution in [3.05, 3.63) is 82.2 Å². The summed E-state index contributed by atoms with van der Waals surface area (Å²) in [6.07, 6.45) is 2.11. The number of aromatic nitrogens is 2. The van der Waals surface area contributed by atoms with Gasteiger partial charge in [0.25, 0.3) is 0 Å². The Labute approximate surface area is 176 Å². The van der Waals surface area contributed by atoms with Gasteiger partial charge in [0, 0.05) is 30.1 Å². The van der Waals surface area contributed by atoms with Gasteiger partial charge in [-0.25, -0.2) is 18.7 Å². The molecule has 158 valence electrons. The Balaban J connectivity index is 1.58. The molecule has 1 fully saturated rings. The highest BCUT2D eigenvalue weighted by molar-refractivity contribution is 5.98. The predicted octanol–water partition coefficient (Wildman–Crippen LogP) is 4.43. The Kier molecular flexibility index (Phi) is 5.66. The second kappa shape index (κ2) is 8.55. The fourth-order valence-electron chi connectivity index (χ4n) is 3.82. The third-order valence-electron chi connectivity index (χ3n) is 5.41. The first kappa shape index (κ1) is 20.5. The van der Waals surface area contributed by atoms with E-state index in [1.54, 1.807) is 11.0 Å². The van der Waals surface area contributed by atoms with Crippen LogP contribution in [0.2, 0.25) is 0 Å². The molecule has 1 aliphatic heterocycles. The number of piperidine rings is 1. The summed E-state index contributed by atoms with van der Waals surface area (Å²) in [5.74, 6) is -1.27. The Morgan fingerprint density at radius 1 is 1.03 bits per heavy atom. The van der Waals surface area contributed by atoms with Gasteiger partial charge >= 0.3 is 5.69 Å². The molecule has 1 aromatic heterocycles.